The zero-order valence-electron chi connectivity index (χ0n) is 34.4. The fourth-order valence-corrected chi connectivity index (χ4v) is 5.63. The van der Waals surface area contributed by atoms with Crippen molar-refractivity contribution in [2.75, 3.05) is 26.2 Å². The first-order chi connectivity index (χ1) is 29.5. The maximum absolute atomic E-state index is 13.3. The zero-order chi connectivity index (χ0) is 44.1. The molecule has 1 unspecified atom stereocenters. The van der Waals surface area contributed by atoms with Crippen LogP contribution >= 0.6 is 0 Å². The number of rotatable bonds is 25. The van der Waals surface area contributed by atoms with Crippen LogP contribution in [0.2, 0.25) is 0 Å². The molecule has 0 aliphatic carbocycles. The summed E-state index contributed by atoms with van der Waals surface area (Å²) in [6.45, 7) is 2.88. The Morgan fingerprint density at radius 2 is 1.25 bits per heavy atom. The normalized spacial score (nSPS) is 11.9. The van der Waals surface area contributed by atoms with E-state index in [2.05, 4.69) is 26.3 Å². The minimum Gasteiger partial charge on any atom is -0.465 e. The summed E-state index contributed by atoms with van der Waals surface area (Å²) in [5, 5.41) is 30.4. The molecule has 0 saturated heterocycles. The second-order valence-electron chi connectivity index (χ2n) is 13.9. The van der Waals surface area contributed by atoms with E-state index >= 15 is 0 Å². The van der Waals surface area contributed by atoms with Crippen molar-refractivity contribution >= 4 is 42.1 Å². The van der Waals surface area contributed by atoms with E-state index < -0.39 is 36.5 Å². The largest absolute Gasteiger partial charge is 0.465 e. The first-order valence-electron chi connectivity index (χ1n) is 20.2. The SMILES string of the molecule is C[C@H](CCN(CCCCNC(=O)C(NC(=O)CCCCCCN=C(NC(=O)O)NC(=O)OCc1ccccc1)OCc1ccccc1)C(=O)OCc1ccccc1)NC(=O)O. The third-order valence-corrected chi connectivity index (χ3v) is 8.85. The van der Waals surface area contributed by atoms with Crippen LogP contribution in [0.4, 0.5) is 19.2 Å². The molecule has 330 valence electrons. The third kappa shape index (κ3) is 22.3. The second kappa shape index (κ2) is 28.7. The maximum Gasteiger partial charge on any atom is 0.414 e. The van der Waals surface area contributed by atoms with Gasteiger partial charge < -0.3 is 45.3 Å². The second-order valence-corrected chi connectivity index (χ2v) is 13.9. The van der Waals surface area contributed by atoms with Gasteiger partial charge in [-0.2, -0.15) is 0 Å². The average Bonchev–Trinajstić information content (AvgIpc) is 3.24. The molecule has 7 N–H and O–H groups in total. The number of unbranched alkanes of at least 4 members (excludes halogenated alkanes) is 4. The minimum absolute atomic E-state index is 0.000116. The van der Waals surface area contributed by atoms with Crippen LogP contribution in [-0.4, -0.2) is 95.7 Å². The molecule has 61 heavy (non-hydrogen) atoms. The van der Waals surface area contributed by atoms with Gasteiger partial charge in [-0.25, -0.2) is 19.2 Å². The first kappa shape index (κ1) is 48.7. The Morgan fingerprint density at radius 1 is 0.656 bits per heavy atom. The Balaban J connectivity index is 1.43. The summed E-state index contributed by atoms with van der Waals surface area (Å²) in [6.07, 6.45) is -1.37. The summed E-state index contributed by atoms with van der Waals surface area (Å²) in [7, 11) is 0. The highest BCUT2D eigenvalue weighted by Crippen LogP contribution is 2.09. The Labute approximate surface area is 355 Å². The van der Waals surface area contributed by atoms with E-state index in [4.69, 9.17) is 24.4 Å². The topological polar surface area (TPSA) is 246 Å². The molecule has 3 rings (SSSR count). The Bertz CT molecular complexity index is 1820. The molecule has 0 aliphatic heterocycles. The lowest BCUT2D eigenvalue weighted by Gasteiger charge is -2.24. The van der Waals surface area contributed by atoms with Crippen LogP contribution in [0.1, 0.15) is 75.0 Å². The third-order valence-electron chi connectivity index (χ3n) is 8.85. The Hall–Kier alpha value is -6.69. The van der Waals surface area contributed by atoms with Crippen LogP contribution < -0.4 is 26.6 Å². The molecule has 18 heteroatoms. The molecule has 18 nitrogen and oxygen atoms in total. The van der Waals surface area contributed by atoms with Crippen LogP contribution in [0.15, 0.2) is 96.0 Å². The van der Waals surface area contributed by atoms with Crippen molar-refractivity contribution in [3.63, 3.8) is 0 Å². The monoisotopic (exact) mass is 847 g/mol. The quantitative estimate of drug-likeness (QED) is 0.0235. The lowest BCUT2D eigenvalue weighted by molar-refractivity contribution is -0.142. The number of hydrogen-bond donors (Lipinski definition) is 7. The molecular weight excluding hydrogens is 791 g/mol. The minimum atomic E-state index is -1.40. The molecule has 0 spiro atoms. The number of benzene rings is 3. The lowest BCUT2D eigenvalue weighted by Crippen LogP contribution is -2.48. The van der Waals surface area contributed by atoms with Crippen molar-refractivity contribution in [2.45, 2.75) is 90.4 Å². The molecule has 0 aliphatic rings. The van der Waals surface area contributed by atoms with Crippen molar-refractivity contribution in [3.05, 3.63) is 108 Å². The van der Waals surface area contributed by atoms with Crippen molar-refractivity contribution in [3.8, 4) is 0 Å². The molecule has 6 amide bonds. The fourth-order valence-electron chi connectivity index (χ4n) is 5.63. The smallest absolute Gasteiger partial charge is 0.414 e. The maximum atomic E-state index is 13.3. The molecular formula is C43H57N7O11. The van der Waals surface area contributed by atoms with Crippen LogP contribution in [0.25, 0.3) is 0 Å². The van der Waals surface area contributed by atoms with Crippen molar-refractivity contribution in [1.82, 2.24) is 31.5 Å². The van der Waals surface area contributed by atoms with Gasteiger partial charge in [0.25, 0.3) is 5.91 Å². The average molecular weight is 848 g/mol. The molecule has 0 bridgehead atoms. The van der Waals surface area contributed by atoms with Gasteiger partial charge in [-0.1, -0.05) is 104 Å². The number of amides is 6. The van der Waals surface area contributed by atoms with Crippen LogP contribution in [0.5, 0.6) is 0 Å². The Morgan fingerprint density at radius 3 is 1.85 bits per heavy atom. The number of carbonyl (C=O) groups is 6. The number of guanidine groups is 1. The van der Waals surface area contributed by atoms with Crippen molar-refractivity contribution < 1.29 is 53.2 Å². The van der Waals surface area contributed by atoms with E-state index in [1.54, 1.807) is 31.2 Å². The fraction of sp³-hybridized carbons (Fsp3) is 0.419. The molecule has 0 radical (unpaired) electrons. The summed E-state index contributed by atoms with van der Waals surface area (Å²) >= 11 is 0. The number of alkyl carbamates (subject to hydrolysis) is 1. The first-order valence-corrected chi connectivity index (χ1v) is 20.2. The highest BCUT2D eigenvalue weighted by atomic mass is 16.6. The van der Waals surface area contributed by atoms with Gasteiger partial charge in [0, 0.05) is 38.6 Å². The number of ether oxygens (including phenoxy) is 3. The van der Waals surface area contributed by atoms with Crippen molar-refractivity contribution in [2.24, 2.45) is 4.99 Å². The summed E-state index contributed by atoms with van der Waals surface area (Å²) in [5.41, 5.74) is 2.40. The predicted molar refractivity (Wildman–Crippen MR) is 225 cm³/mol. The molecule has 0 heterocycles. The number of hydrogen-bond acceptors (Lipinski definition) is 10. The van der Waals surface area contributed by atoms with Crippen molar-refractivity contribution in [1.29, 1.82) is 0 Å². The van der Waals surface area contributed by atoms with Crippen LogP contribution in [-0.2, 0) is 43.6 Å². The van der Waals surface area contributed by atoms with Gasteiger partial charge in [-0.3, -0.25) is 25.2 Å². The van der Waals surface area contributed by atoms with Gasteiger partial charge in [0.05, 0.1) is 6.61 Å². The van der Waals surface area contributed by atoms with Gasteiger partial charge in [-0.15, -0.1) is 0 Å². The van der Waals surface area contributed by atoms with E-state index in [1.807, 2.05) is 72.0 Å². The van der Waals surface area contributed by atoms with Gasteiger partial charge in [0.1, 0.15) is 13.2 Å². The highest BCUT2D eigenvalue weighted by molar-refractivity contribution is 6.00. The summed E-state index contributed by atoms with van der Waals surface area (Å²) in [6, 6.07) is 27.0. The molecule has 3 aromatic carbocycles. The van der Waals surface area contributed by atoms with Crippen LogP contribution in [0.3, 0.4) is 0 Å². The molecule has 0 saturated carbocycles. The number of carboxylic acid groups (broad SMARTS) is 2. The number of nitrogens with one attached hydrogen (secondary N) is 5. The molecule has 3 aromatic rings. The number of carbonyl (C=O) groups excluding carboxylic acids is 4. The van der Waals surface area contributed by atoms with E-state index in [1.165, 1.54) is 4.90 Å². The predicted octanol–water partition coefficient (Wildman–Crippen LogP) is 5.73. The standard InChI is InChI=1S/C43H57N7O11/c1-32(46-40(53)54)24-28-50(43(58)61-31-35-21-11-6-12-22-35)27-16-15-25-44-37(52)38(59-29-33-17-7-4-8-18-33)47-36(51)23-13-2-3-14-26-45-39(48-41(55)56)49-42(57)60-30-34-19-9-5-10-20-34/h4-12,17-22,32,38,46H,2-3,13-16,23-31H2,1H3,(H,44,52)(H,47,51)(H,53,54)(H,55,56)(H2,45,48,49,57)/t32-,38?/m1/s1. The Kier molecular flexibility index (Phi) is 22.9. The molecule has 0 aromatic heterocycles. The summed E-state index contributed by atoms with van der Waals surface area (Å²) in [4.78, 5) is 79.2. The van der Waals surface area contributed by atoms with E-state index in [9.17, 15) is 28.8 Å². The van der Waals surface area contributed by atoms with E-state index in [0.717, 1.165) is 16.7 Å². The van der Waals surface area contributed by atoms with Gasteiger partial charge >= 0.3 is 24.4 Å². The van der Waals surface area contributed by atoms with Crippen LogP contribution in [0, 0.1) is 0 Å². The zero-order valence-corrected chi connectivity index (χ0v) is 34.4. The highest BCUT2D eigenvalue weighted by Gasteiger charge is 2.22. The number of nitrogens with zero attached hydrogens (tertiary/aromatic N) is 2. The summed E-state index contributed by atoms with van der Waals surface area (Å²) in [5.74, 6) is -1.17. The summed E-state index contributed by atoms with van der Waals surface area (Å²) < 4.78 is 16.5. The molecule has 0 fully saturated rings. The van der Waals surface area contributed by atoms with Gasteiger partial charge in [-0.05, 0) is 55.7 Å². The lowest BCUT2D eigenvalue weighted by atomic mass is 10.1. The van der Waals surface area contributed by atoms with E-state index in [0.29, 0.717) is 51.5 Å². The van der Waals surface area contributed by atoms with E-state index in [-0.39, 0.29) is 63.8 Å². The number of aliphatic imine (C=N–C) groups is 1. The van der Waals surface area contributed by atoms with Gasteiger partial charge in [0.15, 0.2) is 0 Å². The molecule has 2 atom stereocenters. The van der Waals surface area contributed by atoms with Gasteiger partial charge in [0.2, 0.25) is 18.1 Å².